The molecule has 0 N–H and O–H groups in total. The summed E-state index contributed by atoms with van der Waals surface area (Å²) in [6.45, 7) is 23.5. The van der Waals surface area contributed by atoms with Crippen LogP contribution >= 0.6 is 0 Å². The number of nitrogens with zero attached hydrogens (tertiary/aromatic N) is 1. The molecule has 1 aliphatic carbocycles. The van der Waals surface area contributed by atoms with E-state index in [0.717, 1.165) is 13.0 Å². The third-order valence-electron chi connectivity index (χ3n) is 5.70. The zero-order chi connectivity index (χ0) is 29.6. The van der Waals surface area contributed by atoms with Crippen LogP contribution in [0.3, 0.4) is 0 Å². The number of aryl methyl sites for hydroxylation is 1. The van der Waals surface area contributed by atoms with Crippen molar-refractivity contribution < 1.29 is 0 Å². The van der Waals surface area contributed by atoms with E-state index < -0.39 is 0 Å². The highest BCUT2D eigenvalue weighted by molar-refractivity contribution is 6.07. The standard InChI is InChI=1S/C14H13N.C13H10.C3H8.4C2H6/c1-2-15-13-9-5-3-7-11(13)12-8-4-6-10-14(12)15;1-3-7-12-10(5-1)9-11-6-2-4-8-13(11)12;1-3-2;4*1-2/h3-10H,2H2,1H3;1-8H,9H2;3H2,1-2H3;4*1-2H3. The summed E-state index contributed by atoms with van der Waals surface area (Å²) in [7, 11) is 0. The summed E-state index contributed by atoms with van der Waals surface area (Å²) in [5.74, 6) is 0. The fourth-order valence-electron chi connectivity index (χ4n) is 4.42. The minimum absolute atomic E-state index is 1.02. The van der Waals surface area contributed by atoms with Crippen molar-refractivity contribution in [2.75, 3.05) is 0 Å². The maximum absolute atomic E-state index is 2.37. The lowest BCUT2D eigenvalue weighted by Gasteiger charge is -2.01. The van der Waals surface area contributed by atoms with Crippen molar-refractivity contribution in [3.05, 3.63) is 108 Å². The van der Waals surface area contributed by atoms with E-state index in [-0.39, 0.29) is 0 Å². The average molecular weight is 526 g/mol. The zero-order valence-corrected chi connectivity index (χ0v) is 26.8. The lowest BCUT2D eigenvalue weighted by Crippen LogP contribution is -1.91. The summed E-state index contributed by atoms with van der Waals surface area (Å²) in [5.41, 5.74) is 8.42. The van der Waals surface area contributed by atoms with E-state index in [0.29, 0.717) is 0 Å². The van der Waals surface area contributed by atoms with E-state index in [4.69, 9.17) is 0 Å². The summed E-state index contributed by atoms with van der Waals surface area (Å²) >= 11 is 0. The number of fused-ring (bicyclic) bond motifs is 6. The van der Waals surface area contributed by atoms with Crippen molar-refractivity contribution >= 4 is 21.8 Å². The fourth-order valence-corrected chi connectivity index (χ4v) is 4.42. The van der Waals surface area contributed by atoms with Gasteiger partial charge < -0.3 is 4.57 Å². The molecule has 0 atom stereocenters. The maximum atomic E-state index is 2.37. The predicted octanol–water partition coefficient (Wildman–Crippen LogP) is 12.6. The van der Waals surface area contributed by atoms with Gasteiger partial charge in [-0.15, -0.1) is 0 Å². The second kappa shape index (κ2) is 21.6. The molecular formula is C38H55N. The van der Waals surface area contributed by atoms with Gasteiger partial charge >= 0.3 is 0 Å². The lowest BCUT2D eigenvalue weighted by molar-refractivity contribution is 0.827. The zero-order valence-electron chi connectivity index (χ0n) is 26.8. The largest absolute Gasteiger partial charge is 0.341 e. The topological polar surface area (TPSA) is 4.93 Å². The van der Waals surface area contributed by atoms with Crippen LogP contribution in [0.4, 0.5) is 0 Å². The molecule has 0 saturated heterocycles. The Balaban J connectivity index is 0.000000551. The molecule has 1 aliphatic rings. The molecule has 0 bridgehead atoms. The normalized spacial score (nSPS) is 9.51. The molecule has 0 fully saturated rings. The highest BCUT2D eigenvalue weighted by atomic mass is 15.0. The molecule has 1 nitrogen and oxygen atoms in total. The Labute approximate surface area is 240 Å². The van der Waals surface area contributed by atoms with Crippen LogP contribution in [0.2, 0.25) is 0 Å². The van der Waals surface area contributed by atoms with Gasteiger partial charge in [0.1, 0.15) is 0 Å². The molecule has 0 saturated carbocycles. The third-order valence-corrected chi connectivity index (χ3v) is 5.70. The van der Waals surface area contributed by atoms with Crippen molar-refractivity contribution in [2.24, 2.45) is 0 Å². The summed E-state index contributed by atoms with van der Waals surface area (Å²) in [4.78, 5) is 0. The fraction of sp³-hybridized carbons (Fsp3) is 0.368. The summed E-state index contributed by atoms with van der Waals surface area (Å²) < 4.78 is 2.37. The molecule has 5 aromatic rings. The smallest absolute Gasteiger partial charge is 0.0491 e. The Morgan fingerprint density at radius 1 is 0.462 bits per heavy atom. The summed E-state index contributed by atoms with van der Waals surface area (Å²) in [6.07, 6.45) is 2.35. The summed E-state index contributed by atoms with van der Waals surface area (Å²) in [5, 5.41) is 2.71. The second-order valence-electron chi connectivity index (χ2n) is 7.98. The van der Waals surface area contributed by atoms with E-state index in [9.17, 15) is 0 Å². The molecule has 39 heavy (non-hydrogen) atoms. The molecule has 212 valence electrons. The van der Waals surface area contributed by atoms with Gasteiger partial charge in [-0.25, -0.2) is 0 Å². The first kappa shape index (κ1) is 35.7. The Hall–Kier alpha value is -3.32. The van der Waals surface area contributed by atoms with Crippen LogP contribution in [0.5, 0.6) is 0 Å². The molecule has 0 aliphatic heterocycles. The van der Waals surface area contributed by atoms with Gasteiger partial charge in [-0.05, 0) is 47.7 Å². The minimum atomic E-state index is 1.02. The molecule has 0 amide bonds. The SMILES string of the molecule is CC.CC.CC.CC.CCC.CCn1c2ccccc2c2ccccc21.c1ccc2c(c1)Cc1ccccc1-2. The third kappa shape index (κ3) is 9.43. The van der Waals surface area contributed by atoms with Gasteiger partial charge in [0.25, 0.3) is 0 Å². The second-order valence-corrected chi connectivity index (χ2v) is 7.98. The van der Waals surface area contributed by atoms with E-state index >= 15 is 0 Å². The van der Waals surface area contributed by atoms with Crippen molar-refractivity contribution in [2.45, 2.75) is 95.5 Å². The number of hydrogen-bond acceptors (Lipinski definition) is 0. The Bertz CT molecular complexity index is 1200. The van der Waals surface area contributed by atoms with E-state index in [1.54, 1.807) is 0 Å². The average Bonchev–Trinajstić information content (AvgIpc) is 3.57. The molecule has 0 radical (unpaired) electrons. The number of para-hydroxylation sites is 2. The van der Waals surface area contributed by atoms with Crippen LogP contribution in [-0.2, 0) is 13.0 Å². The molecule has 4 aromatic carbocycles. The first-order valence-electron chi connectivity index (χ1n) is 15.4. The molecule has 6 rings (SSSR count). The highest BCUT2D eigenvalue weighted by Gasteiger charge is 2.15. The van der Waals surface area contributed by atoms with Crippen molar-refractivity contribution in [3.8, 4) is 11.1 Å². The number of hydrogen-bond donors (Lipinski definition) is 0. The van der Waals surface area contributed by atoms with Crippen molar-refractivity contribution in [1.82, 2.24) is 4.57 Å². The minimum Gasteiger partial charge on any atom is -0.341 e. The van der Waals surface area contributed by atoms with Gasteiger partial charge in [0.2, 0.25) is 0 Å². The number of benzene rings is 4. The van der Waals surface area contributed by atoms with E-state index in [1.165, 1.54) is 50.5 Å². The van der Waals surface area contributed by atoms with Crippen LogP contribution in [0.15, 0.2) is 97.1 Å². The molecule has 1 aromatic heterocycles. The molecular weight excluding hydrogens is 470 g/mol. The van der Waals surface area contributed by atoms with E-state index in [2.05, 4.69) is 122 Å². The van der Waals surface area contributed by atoms with Gasteiger partial charge in [0.15, 0.2) is 0 Å². The van der Waals surface area contributed by atoms with Gasteiger partial charge in [0, 0.05) is 28.4 Å². The first-order valence-corrected chi connectivity index (χ1v) is 15.4. The Morgan fingerprint density at radius 3 is 1.13 bits per heavy atom. The van der Waals surface area contributed by atoms with Crippen LogP contribution in [0.25, 0.3) is 32.9 Å². The van der Waals surface area contributed by atoms with Gasteiger partial charge in [-0.3, -0.25) is 0 Å². The number of rotatable bonds is 1. The lowest BCUT2D eigenvalue weighted by atomic mass is 10.1. The van der Waals surface area contributed by atoms with Gasteiger partial charge in [-0.1, -0.05) is 161 Å². The maximum Gasteiger partial charge on any atom is 0.0491 e. The van der Waals surface area contributed by atoms with Crippen LogP contribution in [0.1, 0.15) is 93.7 Å². The molecule has 0 spiro atoms. The van der Waals surface area contributed by atoms with Gasteiger partial charge in [-0.2, -0.15) is 0 Å². The predicted molar refractivity (Wildman–Crippen MR) is 181 cm³/mol. The number of aromatic nitrogens is 1. The Kier molecular flexibility index (Phi) is 19.8. The van der Waals surface area contributed by atoms with Crippen LogP contribution in [-0.4, -0.2) is 4.57 Å². The molecule has 0 unspecified atom stereocenters. The van der Waals surface area contributed by atoms with Crippen LogP contribution < -0.4 is 0 Å². The van der Waals surface area contributed by atoms with Gasteiger partial charge in [0.05, 0.1) is 0 Å². The van der Waals surface area contributed by atoms with Crippen molar-refractivity contribution in [1.29, 1.82) is 0 Å². The monoisotopic (exact) mass is 525 g/mol. The summed E-state index contributed by atoms with van der Waals surface area (Å²) in [6, 6.07) is 34.5. The molecule has 1 heterocycles. The van der Waals surface area contributed by atoms with Crippen molar-refractivity contribution in [3.63, 3.8) is 0 Å². The van der Waals surface area contributed by atoms with Crippen LogP contribution in [0, 0.1) is 0 Å². The van der Waals surface area contributed by atoms with E-state index in [1.807, 2.05) is 55.4 Å². The quantitative estimate of drug-likeness (QED) is 0.201. The molecule has 1 heteroatoms. The Morgan fingerprint density at radius 2 is 0.769 bits per heavy atom. The highest BCUT2D eigenvalue weighted by Crippen LogP contribution is 2.35. The first-order chi connectivity index (χ1) is 19.3.